The third-order valence-electron chi connectivity index (χ3n) is 2.08. The lowest BCUT2D eigenvalue weighted by Gasteiger charge is -1.94. The molecule has 1 aromatic carbocycles. The van der Waals surface area contributed by atoms with Gasteiger partial charge in [0.25, 0.3) is 0 Å². The van der Waals surface area contributed by atoms with Crippen molar-refractivity contribution in [2.24, 2.45) is 0 Å². The number of nitrogens with zero attached hydrogens (tertiary/aromatic N) is 1. The lowest BCUT2D eigenvalue weighted by molar-refractivity contribution is 0.104. The SMILES string of the molecule is O=C(C=Cn1cccc1)c1ccccc1. The predicted octanol–water partition coefficient (Wildman–Crippen LogP) is 2.84. The van der Waals surface area contributed by atoms with E-state index in [0.29, 0.717) is 5.56 Å². The summed E-state index contributed by atoms with van der Waals surface area (Å²) in [5, 5.41) is 0. The van der Waals surface area contributed by atoms with Crippen molar-refractivity contribution in [3.8, 4) is 0 Å². The van der Waals surface area contributed by atoms with Crippen molar-refractivity contribution in [3.05, 3.63) is 66.5 Å². The maximum atomic E-state index is 11.6. The van der Waals surface area contributed by atoms with E-state index in [1.54, 1.807) is 12.3 Å². The molecule has 15 heavy (non-hydrogen) atoms. The smallest absolute Gasteiger partial charge is 0.187 e. The topological polar surface area (TPSA) is 22.0 Å². The molecule has 0 atom stereocenters. The highest BCUT2D eigenvalue weighted by molar-refractivity contribution is 6.05. The van der Waals surface area contributed by atoms with Gasteiger partial charge in [0.05, 0.1) is 0 Å². The molecule has 0 fully saturated rings. The summed E-state index contributed by atoms with van der Waals surface area (Å²) >= 11 is 0. The molecular weight excluding hydrogens is 186 g/mol. The van der Waals surface area contributed by atoms with Crippen molar-refractivity contribution in [1.29, 1.82) is 0 Å². The van der Waals surface area contributed by atoms with Crippen LogP contribution in [-0.2, 0) is 0 Å². The minimum absolute atomic E-state index is 0.0179. The predicted molar refractivity (Wildman–Crippen MR) is 60.5 cm³/mol. The van der Waals surface area contributed by atoms with Gasteiger partial charge in [-0.3, -0.25) is 4.79 Å². The Morgan fingerprint density at radius 1 is 1.00 bits per heavy atom. The van der Waals surface area contributed by atoms with Crippen LogP contribution in [0.15, 0.2) is 60.9 Å². The zero-order chi connectivity index (χ0) is 10.5. The molecule has 2 heteroatoms. The molecule has 0 radical (unpaired) electrons. The third kappa shape index (κ3) is 2.44. The molecule has 74 valence electrons. The van der Waals surface area contributed by atoms with E-state index in [9.17, 15) is 4.79 Å². The second-order valence-corrected chi connectivity index (χ2v) is 3.18. The van der Waals surface area contributed by atoms with Crippen molar-refractivity contribution < 1.29 is 4.79 Å². The molecule has 0 bridgehead atoms. The fourth-order valence-corrected chi connectivity index (χ4v) is 1.30. The fraction of sp³-hybridized carbons (Fsp3) is 0. The van der Waals surface area contributed by atoms with Gasteiger partial charge in [0, 0.05) is 30.2 Å². The minimum atomic E-state index is 0.0179. The van der Waals surface area contributed by atoms with Crippen molar-refractivity contribution in [2.75, 3.05) is 0 Å². The molecule has 2 rings (SSSR count). The monoisotopic (exact) mass is 197 g/mol. The number of carbonyl (C=O) groups excluding carboxylic acids is 1. The normalized spacial score (nSPS) is 10.7. The maximum absolute atomic E-state index is 11.6. The summed E-state index contributed by atoms with van der Waals surface area (Å²) in [6.07, 6.45) is 7.08. The van der Waals surface area contributed by atoms with Gasteiger partial charge in [0.2, 0.25) is 0 Å². The number of ketones is 1. The average Bonchev–Trinajstić information content (AvgIpc) is 2.80. The Labute approximate surface area is 88.5 Å². The highest BCUT2D eigenvalue weighted by Crippen LogP contribution is 2.01. The van der Waals surface area contributed by atoms with Crippen molar-refractivity contribution in [1.82, 2.24) is 4.57 Å². The highest BCUT2D eigenvalue weighted by atomic mass is 16.1. The van der Waals surface area contributed by atoms with Crippen LogP contribution in [0.3, 0.4) is 0 Å². The van der Waals surface area contributed by atoms with E-state index in [1.165, 1.54) is 0 Å². The van der Waals surface area contributed by atoms with Crippen molar-refractivity contribution >= 4 is 12.0 Å². The molecule has 2 aromatic rings. The summed E-state index contributed by atoms with van der Waals surface area (Å²) in [6.45, 7) is 0. The average molecular weight is 197 g/mol. The van der Waals surface area contributed by atoms with Crippen LogP contribution in [0.1, 0.15) is 10.4 Å². The van der Waals surface area contributed by atoms with E-state index in [0.717, 1.165) is 0 Å². The number of allylic oxidation sites excluding steroid dienone is 1. The van der Waals surface area contributed by atoms with Crippen LogP contribution in [0.2, 0.25) is 0 Å². The summed E-state index contributed by atoms with van der Waals surface area (Å²) < 4.78 is 1.83. The van der Waals surface area contributed by atoms with Gasteiger partial charge in [-0.1, -0.05) is 30.3 Å². The summed E-state index contributed by atoms with van der Waals surface area (Å²) in [7, 11) is 0. The summed E-state index contributed by atoms with van der Waals surface area (Å²) in [5.41, 5.74) is 0.709. The number of aromatic nitrogens is 1. The molecule has 0 aliphatic rings. The molecule has 1 heterocycles. The number of hydrogen-bond donors (Lipinski definition) is 0. The van der Waals surface area contributed by atoms with Gasteiger partial charge in [0.15, 0.2) is 5.78 Å². The molecule has 0 saturated carbocycles. The van der Waals surface area contributed by atoms with Gasteiger partial charge in [-0.05, 0) is 12.1 Å². The van der Waals surface area contributed by atoms with Gasteiger partial charge in [-0.25, -0.2) is 0 Å². The second kappa shape index (κ2) is 4.42. The molecule has 0 amide bonds. The molecule has 1 aromatic heterocycles. The Morgan fingerprint density at radius 2 is 1.67 bits per heavy atom. The van der Waals surface area contributed by atoms with Gasteiger partial charge in [0.1, 0.15) is 0 Å². The molecule has 0 aliphatic heterocycles. The Hall–Kier alpha value is -2.09. The maximum Gasteiger partial charge on any atom is 0.187 e. The molecule has 0 N–H and O–H groups in total. The second-order valence-electron chi connectivity index (χ2n) is 3.18. The zero-order valence-electron chi connectivity index (χ0n) is 8.21. The van der Waals surface area contributed by atoms with Gasteiger partial charge in [-0.15, -0.1) is 0 Å². The first-order valence-electron chi connectivity index (χ1n) is 4.76. The number of benzene rings is 1. The molecule has 0 aliphatic carbocycles. The van der Waals surface area contributed by atoms with Crippen molar-refractivity contribution in [2.45, 2.75) is 0 Å². The van der Waals surface area contributed by atoms with Crippen LogP contribution in [0.4, 0.5) is 0 Å². The largest absolute Gasteiger partial charge is 0.330 e. The van der Waals surface area contributed by atoms with E-state index >= 15 is 0 Å². The van der Waals surface area contributed by atoms with E-state index in [4.69, 9.17) is 0 Å². The van der Waals surface area contributed by atoms with Crippen LogP contribution in [0.25, 0.3) is 6.20 Å². The first-order chi connectivity index (χ1) is 7.36. The number of carbonyl (C=O) groups is 1. The Balaban J connectivity index is 2.11. The Morgan fingerprint density at radius 3 is 2.33 bits per heavy atom. The summed E-state index contributed by atoms with van der Waals surface area (Å²) in [6, 6.07) is 13.1. The molecule has 0 spiro atoms. The van der Waals surface area contributed by atoms with E-state index in [1.807, 2.05) is 59.4 Å². The molecule has 0 saturated heterocycles. The zero-order valence-corrected chi connectivity index (χ0v) is 8.21. The van der Waals surface area contributed by atoms with E-state index in [-0.39, 0.29) is 5.78 Å². The van der Waals surface area contributed by atoms with Crippen LogP contribution in [0.5, 0.6) is 0 Å². The molecule has 2 nitrogen and oxygen atoms in total. The minimum Gasteiger partial charge on any atom is -0.330 e. The van der Waals surface area contributed by atoms with E-state index in [2.05, 4.69) is 0 Å². The van der Waals surface area contributed by atoms with Crippen LogP contribution >= 0.6 is 0 Å². The third-order valence-corrected chi connectivity index (χ3v) is 2.08. The van der Waals surface area contributed by atoms with Crippen molar-refractivity contribution in [3.63, 3.8) is 0 Å². The number of hydrogen-bond acceptors (Lipinski definition) is 1. The fourth-order valence-electron chi connectivity index (χ4n) is 1.30. The summed E-state index contributed by atoms with van der Waals surface area (Å²) in [4.78, 5) is 11.6. The first kappa shape index (κ1) is 9.46. The van der Waals surface area contributed by atoms with Crippen LogP contribution < -0.4 is 0 Å². The standard InChI is InChI=1S/C13H11NO/c15-13(12-6-2-1-3-7-12)8-11-14-9-4-5-10-14/h1-11H. The van der Waals surface area contributed by atoms with Gasteiger partial charge >= 0.3 is 0 Å². The first-order valence-corrected chi connectivity index (χ1v) is 4.76. The molecular formula is C13H11NO. The van der Waals surface area contributed by atoms with Gasteiger partial charge < -0.3 is 4.57 Å². The van der Waals surface area contributed by atoms with E-state index < -0.39 is 0 Å². The number of rotatable bonds is 3. The Bertz CT molecular complexity index is 455. The highest BCUT2D eigenvalue weighted by Gasteiger charge is 1.98. The molecule has 0 unspecified atom stereocenters. The lowest BCUT2D eigenvalue weighted by atomic mass is 10.1. The Kier molecular flexibility index (Phi) is 2.79. The lowest BCUT2D eigenvalue weighted by Crippen LogP contribution is -1.93. The van der Waals surface area contributed by atoms with Gasteiger partial charge in [-0.2, -0.15) is 0 Å². The summed E-state index contributed by atoms with van der Waals surface area (Å²) in [5.74, 6) is 0.0179. The quantitative estimate of drug-likeness (QED) is 0.547. The van der Waals surface area contributed by atoms with Crippen LogP contribution in [-0.4, -0.2) is 10.4 Å². The van der Waals surface area contributed by atoms with Crippen LogP contribution in [0, 0.1) is 0 Å².